The highest BCUT2D eigenvalue weighted by Crippen LogP contribution is 2.28. The Kier molecular flexibility index (Phi) is 5.78. The number of carbonyl (C=O) groups is 3. The monoisotopic (exact) mass is 382 g/mol. The van der Waals surface area contributed by atoms with Crippen LogP contribution in [0.4, 0.5) is 11.4 Å². The number of primary amides is 1. The van der Waals surface area contributed by atoms with E-state index in [4.69, 9.17) is 10.5 Å². The number of methoxy groups -OCH3 is 1. The number of amides is 3. The largest absolute Gasteiger partial charge is 0.495 e. The highest BCUT2D eigenvalue weighted by Gasteiger charge is 2.27. The fourth-order valence-electron chi connectivity index (χ4n) is 3.17. The summed E-state index contributed by atoms with van der Waals surface area (Å²) in [5, 5.41) is 2.49. The van der Waals surface area contributed by atoms with Crippen molar-refractivity contribution >= 4 is 29.1 Å². The first-order valence-corrected chi connectivity index (χ1v) is 8.88. The summed E-state index contributed by atoms with van der Waals surface area (Å²) in [4.78, 5) is 39.9. The summed E-state index contributed by atoms with van der Waals surface area (Å²) in [5.74, 6) is -1.34. The van der Waals surface area contributed by atoms with Crippen LogP contribution in [0.2, 0.25) is 0 Å². The zero-order valence-corrected chi connectivity index (χ0v) is 15.6. The molecule has 8 heteroatoms. The highest BCUT2D eigenvalue weighted by molar-refractivity contribution is 6.39. The molecule has 0 bridgehead atoms. The van der Waals surface area contributed by atoms with Crippen molar-refractivity contribution in [2.45, 2.75) is 0 Å². The molecule has 3 N–H and O–H groups in total. The first-order chi connectivity index (χ1) is 13.5. The summed E-state index contributed by atoms with van der Waals surface area (Å²) in [6.07, 6.45) is 0. The molecule has 28 heavy (non-hydrogen) atoms. The molecule has 0 saturated carbocycles. The number of hydrogen-bond donors (Lipinski definition) is 2. The lowest BCUT2D eigenvalue weighted by Crippen LogP contribution is -2.51. The summed E-state index contributed by atoms with van der Waals surface area (Å²) in [6, 6.07) is 14.0. The van der Waals surface area contributed by atoms with Crippen LogP contribution in [0.5, 0.6) is 5.75 Å². The first-order valence-electron chi connectivity index (χ1n) is 8.88. The van der Waals surface area contributed by atoms with Crippen LogP contribution in [-0.2, 0) is 9.59 Å². The van der Waals surface area contributed by atoms with E-state index >= 15 is 0 Å². The van der Waals surface area contributed by atoms with E-state index in [9.17, 15) is 14.4 Å². The fourth-order valence-corrected chi connectivity index (χ4v) is 3.17. The van der Waals surface area contributed by atoms with Crippen molar-refractivity contribution in [3.8, 4) is 5.75 Å². The van der Waals surface area contributed by atoms with E-state index in [0.717, 1.165) is 11.4 Å². The van der Waals surface area contributed by atoms with Crippen molar-refractivity contribution in [3.05, 3.63) is 54.1 Å². The molecule has 8 nitrogen and oxygen atoms in total. The zero-order chi connectivity index (χ0) is 20.1. The number of nitrogens with zero attached hydrogens (tertiary/aromatic N) is 2. The molecular weight excluding hydrogens is 360 g/mol. The minimum absolute atomic E-state index is 0.157. The molecule has 2 aromatic rings. The number of ether oxygens (including phenoxy) is 1. The van der Waals surface area contributed by atoms with Gasteiger partial charge in [-0.1, -0.05) is 24.3 Å². The molecule has 0 spiro atoms. The third-order valence-electron chi connectivity index (χ3n) is 4.63. The Balaban J connectivity index is 1.62. The molecule has 1 aliphatic rings. The second-order valence-electron chi connectivity index (χ2n) is 6.32. The number of rotatable bonds is 4. The Morgan fingerprint density at radius 3 is 2.29 bits per heavy atom. The van der Waals surface area contributed by atoms with Gasteiger partial charge in [0.2, 0.25) is 0 Å². The predicted octanol–water partition coefficient (Wildman–Crippen LogP) is 1.08. The number of carbonyl (C=O) groups excluding carboxylic acids is 3. The lowest BCUT2D eigenvalue weighted by Gasteiger charge is -2.36. The molecule has 0 radical (unpaired) electrons. The third kappa shape index (κ3) is 4.06. The summed E-state index contributed by atoms with van der Waals surface area (Å²) in [7, 11) is 1.62. The van der Waals surface area contributed by atoms with Gasteiger partial charge in [-0.3, -0.25) is 14.4 Å². The Morgan fingerprint density at radius 2 is 1.61 bits per heavy atom. The summed E-state index contributed by atoms with van der Waals surface area (Å²) in [5.41, 5.74) is 6.64. The molecule has 0 atom stereocenters. The van der Waals surface area contributed by atoms with E-state index < -0.39 is 17.7 Å². The topological polar surface area (TPSA) is 105 Å². The Bertz CT molecular complexity index is 891. The number of benzene rings is 2. The van der Waals surface area contributed by atoms with Gasteiger partial charge in [0, 0.05) is 26.2 Å². The second-order valence-corrected chi connectivity index (χ2v) is 6.32. The van der Waals surface area contributed by atoms with Crippen molar-refractivity contribution in [2.24, 2.45) is 5.73 Å². The number of piperazine rings is 1. The van der Waals surface area contributed by atoms with Gasteiger partial charge in [-0.25, -0.2) is 0 Å². The summed E-state index contributed by atoms with van der Waals surface area (Å²) < 4.78 is 5.38. The van der Waals surface area contributed by atoms with Crippen LogP contribution in [0.3, 0.4) is 0 Å². The first kappa shape index (κ1) is 19.2. The van der Waals surface area contributed by atoms with Gasteiger partial charge < -0.3 is 25.6 Å². The minimum Gasteiger partial charge on any atom is -0.495 e. The molecule has 146 valence electrons. The van der Waals surface area contributed by atoms with Crippen molar-refractivity contribution in [1.82, 2.24) is 4.90 Å². The van der Waals surface area contributed by atoms with Crippen molar-refractivity contribution in [2.75, 3.05) is 43.5 Å². The van der Waals surface area contributed by atoms with Gasteiger partial charge in [0.1, 0.15) is 5.75 Å². The second kappa shape index (κ2) is 8.43. The van der Waals surface area contributed by atoms with Crippen LogP contribution in [0.25, 0.3) is 0 Å². The Labute approximate surface area is 162 Å². The zero-order valence-electron chi connectivity index (χ0n) is 15.6. The molecule has 3 rings (SSSR count). The SMILES string of the molecule is COc1ccccc1N1CCN(C(=O)C(=O)Nc2ccccc2C(N)=O)CC1. The molecule has 2 aromatic carbocycles. The van der Waals surface area contributed by atoms with E-state index in [1.165, 1.54) is 17.0 Å². The summed E-state index contributed by atoms with van der Waals surface area (Å²) in [6.45, 7) is 1.97. The van der Waals surface area contributed by atoms with E-state index in [2.05, 4.69) is 10.2 Å². The maximum absolute atomic E-state index is 12.5. The van der Waals surface area contributed by atoms with Crippen LogP contribution in [-0.4, -0.2) is 55.9 Å². The molecular formula is C20H22N4O4. The number of para-hydroxylation sites is 3. The van der Waals surface area contributed by atoms with Gasteiger partial charge in [0.15, 0.2) is 0 Å². The Morgan fingerprint density at radius 1 is 0.964 bits per heavy atom. The highest BCUT2D eigenvalue weighted by atomic mass is 16.5. The van der Waals surface area contributed by atoms with Gasteiger partial charge in [0.05, 0.1) is 24.0 Å². The van der Waals surface area contributed by atoms with Crippen LogP contribution >= 0.6 is 0 Å². The molecule has 1 fully saturated rings. The van der Waals surface area contributed by atoms with Crippen LogP contribution in [0.1, 0.15) is 10.4 Å². The number of nitrogens with two attached hydrogens (primary N) is 1. The van der Waals surface area contributed by atoms with Gasteiger partial charge in [-0.2, -0.15) is 0 Å². The molecule has 1 saturated heterocycles. The number of anilines is 2. The van der Waals surface area contributed by atoms with Crippen molar-refractivity contribution < 1.29 is 19.1 Å². The van der Waals surface area contributed by atoms with Gasteiger partial charge in [-0.05, 0) is 24.3 Å². The van der Waals surface area contributed by atoms with Crippen LogP contribution < -0.4 is 20.7 Å². The van der Waals surface area contributed by atoms with E-state index in [-0.39, 0.29) is 11.3 Å². The van der Waals surface area contributed by atoms with Gasteiger partial charge in [-0.15, -0.1) is 0 Å². The number of hydrogen-bond acceptors (Lipinski definition) is 5. The average molecular weight is 382 g/mol. The standard InChI is InChI=1S/C20H22N4O4/c1-28-17-9-5-4-8-16(17)23-10-12-24(13-11-23)20(27)19(26)22-15-7-3-2-6-14(15)18(21)25/h2-9H,10-13H2,1H3,(H2,21,25)(H,22,26). The maximum Gasteiger partial charge on any atom is 0.313 e. The van der Waals surface area contributed by atoms with E-state index in [1.54, 1.807) is 19.2 Å². The molecule has 0 unspecified atom stereocenters. The third-order valence-corrected chi connectivity index (χ3v) is 4.63. The maximum atomic E-state index is 12.5. The lowest BCUT2D eigenvalue weighted by molar-refractivity contribution is -0.143. The normalized spacial score (nSPS) is 13.8. The van der Waals surface area contributed by atoms with Crippen LogP contribution in [0, 0.1) is 0 Å². The summed E-state index contributed by atoms with van der Waals surface area (Å²) >= 11 is 0. The van der Waals surface area contributed by atoms with E-state index in [0.29, 0.717) is 26.2 Å². The molecule has 0 aliphatic carbocycles. The lowest BCUT2D eigenvalue weighted by atomic mass is 10.1. The van der Waals surface area contributed by atoms with Crippen molar-refractivity contribution in [1.29, 1.82) is 0 Å². The predicted molar refractivity (Wildman–Crippen MR) is 105 cm³/mol. The fraction of sp³-hybridized carbons (Fsp3) is 0.250. The molecule has 1 heterocycles. The molecule has 1 aliphatic heterocycles. The molecule has 0 aromatic heterocycles. The van der Waals surface area contributed by atoms with Crippen molar-refractivity contribution in [3.63, 3.8) is 0 Å². The Hall–Kier alpha value is -3.55. The smallest absolute Gasteiger partial charge is 0.313 e. The van der Waals surface area contributed by atoms with Gasteiger partial charge in [0.25, 0.3) is 5.91 Å². The molecule has 3 amide bonds. The average Bonchev–Trinajstić information content (AvgIpc) is 2.73. The minimum atomic E-state index is -0.792. The van der Waals surface area contributed by atoms with Gasteiger partial charge >= 0.3 is 11.8 Å². The number of nitrogens with one attached hydrogen (secondary N) is 1. The quantitative estimate of drug-likeness (QED) is 0.770. The van der Waals surface area contributed by atoms with E-state index in [1.807, 2.05) is 24.3 Å². The van der Waals surface area contributed by atoms with Crippen LogP contribution in [0.15, 0.2) is 48.5 Å².